The molecule has 1 aliphatic heterocycles. The molecule has 1 atom stereocenters. The molecule has 0 aliphatic carbocycles. The summed E-state index contributed by atoms with van der Waals surface area (Å²) in [6.07, 6.45) is 1.64. The second-order valence-corrected chi connectivity index (χ2v) is 6.97. The summed E-state index contributed by atoms with van der Waals surface area (Å²) in [5, 5.41) is 5.57. The summed E-state index contributed by atoms with van der Waals surface area (Å²) < 4.78 is 1.27. The highest BCUT2D eigenvalue weighted by Gasteiger charge is 2.30. The number of aromatic nitrogens is 2. The van der Waals surface area contributed by atoms with Gasteiger partial charge in [0.1, 0.15) is 6.54 Å². The van der Waals surface area contributed by atoms with E-state index in [9.17, 15) is 9.59 Å². The van der Waals surface area contributed by atoms with E-state index in [1.165, 1.54) is 4.68 Å². The van der Waals surface area contributed by atoms with Crippen molar-refractivity contribution in [1.82, 2.24) is 19.6 Å². The van der Waals surface area contributed by atoms with E-state index in [-0.39, 0.29) is 24.1 Å². The average Bonchev–Trinajstić information content (AvgIpc) is 2.71. The Morgan fingerprint density at radius 1 is 1.07 bits per heavy atom. The van der Waals surface area contributed by atoms with E-state index in [2.05, 4.69) is 17.0 Å². The maximum Gasteiger partial charge on any atom is 0.275 e. The molecule has 0 N–H and O–H groups in total. The Morgan fingerprint density at radius 2 is 1.81 bits per heavy atom. The summed E-state index contributed by atoms with van der Waals surface area (Å²) in [6, 6.07) is 17.3. The monoisotopic (exact) mass is 362 g/mol. The maximum atomic E-state index is 13.1. The zero-order valence-electron chi connectivity index (χ0n) is 15.3. The first-order valence-electron chi connectivity index (χ1n) is 9.11. The molecule has 6 nitrogen and oxygen atoms in total. The van der Waals surface area contributed by atoms with Gasteiger partial charge in [-0.25, -0.2) is 4.68 Å². The summed E-state index contributed by atoms with van der Waals surface area (Å²) in [5.41, 5.74) is 0.878. The molecule has 138 valence electrons. The van der Waals surface area contributed by atoms with Gasteiger partial charge in [0.15, 0.2) is 0 Å². The first-order valence-corrected chi connectivity index (χ1v) is 9.11. The van der Waals surface area contributed by atoms with E-state index in [1.807, 2.05) is 53.4 Å². The third-order valence-corrected chi connectivity index (χ3v) is 5.14. The Hall–Kier alpha value is -2.99. The molecule has 0 unspecified atom stereocenters. The molecule has 27 heavy (non-hydrogen) atoms. The Kier molecular flexibility index (Phi) is 4.73. The molecule has 1 saturated heterocycles. The van der Waals surface area contributed by atoms with Crippen LogP contribution in [0.4, 0.5) is 0 Å². The van der Waals surface area contributed by atoms with Gasteiger partial charge < -0.3 is 9.80 Å². The number of carbonyl (C=O) groups excluding carboxylic acids is 1. The van der Waals surface area contributed by atoms with Crippen molar-refractivity contribution < 1.29 is 4.79 Å². The minimum absolute atomic E-state index is 0.0198. The lowest BCUT2D eigenvalue weighted by molar-refractivity contribution is -0.137. The molecule has 0 radical (unpaired) electrons. The van der Waals surface area contributed by atoms with Crippen LogP contribution in [-0.2, 0) is 11.3 Å². The molecule has 3 aromatic rings. The first kappa shape index (κ1) is 17.4. The first-order chi connectivity index (χ1) is 13.1. The molecule has 1 fully saturated rings. The van der Waals surface area contributed by atoms with E-state index < -0.39 is 0 Å². The number of rotatable bonds is 3. The van der Waals surface area contributed by atoms with Crippen LogP contribution in [0.3, 0.4) is 0 Å². The number of carbonyl (C=O) groups is 1. The molecule has 6 heteroatoms. The summed E-state index contributed by atoms with van der Waals surface area (Å²) in [7, 11) is 2.06. The molecular formula is C21H22N4O2. The number of nitrogens with zero attached hydrogens (tertiary/aromatic N) is 4. The van der Waals surface area contributed by atoms with Crippen molar-refractivity contribution >= 4 is 16.7 Å². The third-order valence-electron chi connectivity index (χ3n) is 5.14. The van der Waals surface area contributed by atoms with Gasteiger partial charge in [0.2, 0.25) is 5.91 Å². The van der Waals surface area contributed by atoms with Gasteiger partial charge in [-0.2, -0.15) is 5.10 Å². The Labute approximate surface area is 157 Å². The largest absolute Gasteiger partial charge is 0.331 e. The molecule has 4 rings (SSSR count). The molecule has 2 heterocycles. The lowest BCUT2D eigenvalue weighted by Gasteiger charge is -2.40. The number of hydrogen-bond acceptors (Lipinski definition) is 4. The molecule has 1 aliphatic rings. The van der Waals surface area contributed by atoms with Crippen molar-refractivity contribution in [3.8, 4) is 0 Å². The smallest absolute Gasteiger partial charge is 0.275 e. The third kappa shape index (κ3) is 3.48. The minimum atomic E-state index is -0.230. The minimum Gasteiger partial charge on any atom is -0.331 e. The number of benzene rings is 2. The fourth-order valence-corrected chi connectivity index (χ4v) is 3.64. The highest BCUT2D eigenvalue weighted by Crippen LogP contribution is 2.25. The van der Waals surface area contributed by atoms with E-state index in [4.69, 9.17) is 0 Å². The Bertz CT molecular complexity index is 1020. The summed E-state index contributed by atoms with van der Waals surface area (Å²) in [4.78, 5) is 29.8. The predicted molar refractivity (Wildman–Crippen MR) is 104 cm³/mol. The Morgan fingerprint density at radius 3 is 2.63 bits per heavy atom. The quantitative estimate of drug-likeness (QED) is 0.714. The summed E-state index contributed by atoms with van der Waals surface area (Å²) in [6.45, 7) is 2.18. The van der Waals surface area contributed by atoms with Crippen LogP contribution in [0.5, 0.6) is 0 Å². The van der Waals surface area contributed by atoms with Crippen LogP contribution in [0.25, 0.3) is 10.8 Å². The predicted octanol–water partition coefficient (Wildman–Crippen LogP) is 1.91. The molecular weight excluding hydrogens is 340 g/mol. The standard InChI is InChI=1S/C21H22N4O2/c1-23-11-12-24(19(14-23)16-7-3-2-4-8-16)20(26)15-25-21(27)18-10-6-5-9-17(18)13-22-25/h2-10,13,19H,11-12,14-15H2,1H3/t19-/m1/s1. The number of fused-ring (bicyclic) bond motifs is 1. The van der Waals surface area contributed by atoms with Crippen LogP contribution in [0.2, 0.25) is 0 Å². The number of piperazine rings is 1. The summed E-state index contributed by atoms with van der Waals surface area (Å²) >= 11 is 0. The lowest BCUT2D eigenvalue weighted by Crippen LogP contribution is -2.50. The molecule has 1 amide bonds. The van der Waals surface area contributed by atoms with Crippen LogP contribution < -0.4 is 5.56 Å². The van der Waals surface area contributed by atoms with Crippen LogP contribution in [0, 0.1) is 0 Å². The van der Waals surface area contributed by atoms with Crippen molar-refractivity contribution in [3.05, 3.63) is 76.7 Å². The van der Waals surface area contributed by atoms with Gasteiger partial charge in [-0.15, -0.1) is 0 Å². The topological polar surface area (TPSA) is 58.4 Å². The van der Waals surface area contributed by atoms with Gasteiger partial charge in [0, 0.05) is 25.0 Å². The zero-order valence-corrected chi connectivity index (χ0v) is 15.3. The van der Waals surface area contributed by atoms with E-state index in [1.54, 1.807) is 12.3 Å². The fourth-order valence-electron chi connectivity index (χ4n) is 3.64. The molecule has 1 aromatic heterocycles. The maximum absolute atomic E-state index is 13.1. The van der Waals surface area contributed by atoms with Crippen molar-refractivity contribution in [3.63, 3.8) is 0 Å². The molecule has 0 saturated carbocycles. The lowest BCUT2D eigenvalue weighted by atomic mass is 10.0. The number of amides is 1. The van der Waals surface area contributed by atoms with Crippen molar-refractivity contribution in [2.24, 2.45) is 0 Å². The van der Waals surface area contributed by atoms with Gasteiger partial charge in [-0.1, -0.05) is 48.5 Å². The van der Waals surface area contributed by atoms with Crippen LogP contribution in [-0.4, -0.2) is 52.2 Å². The Balaban J connectivity index is 1.61. The normalized spacial score (nSPS) is 18.0. The second kappa shape index (κ2) is 7.32. The van der Waals surface area contributed by atoms with Gasteiger partial charge in [0.05, 0.1) is 17.6 Å². The van der Waals surface area contributed by atoms with E-state index in [0.29, 0.717) is 11.9 Å². The molecule has 0 bridgehead atoms. The summed E-state index contributed by atoms with van der Waals surface area (Å²) in [5.74, 6) is -0.0816. The van der Waals surface area contributed by atoms with E-state index in [0.717, 1.165) is 24.0 Å². The van der Waals surface area contributed by atoms with E-state index >= 15 is 0 Å². The second-order valence-electron chi connectivity index (χ2n) is 6.97. The number of hydrogen-bond donors (Lipinski definition) is 0. The van der Waals surface area contributed by atoms with Crippen molar-refractivity contribution in [2.45, 2.75) is 12.6 Å². The SMILES string of the molecule is CN1CCN(C(=O)Cn2ncc3ccccc3c2=O)[C@@H](c2ccccc2)C1. The van der Waals surface area contributed by atoms with Crippen molar-refractivity contribution in [1.29, 1.82) is 0 Å². The van der Waals surface area contributed by atoms with Gasteiger partial charge >= 0.3 is 0 Å². The highest BCUT2D eigenvalue weighted by atomic mass is 16.2. The zero-order chi connectivity index (χ0) is 18.8. The highest BCUT2D eigenvalue weighted by molar-refractivity contribution is 5.81. The van der Waals surface area contributed by atoms with Gasteiger partial charge in [-0.3, -0.25) is 9.59 Å². The molecule has 2 aromatic carbocycles. The number of likely N-dealkylation sites (N-methyl/N-ethyl adjacent to an activating group) is 1. The fraction of sp³-hybridized carbons (Fsp3) is 0.286. The van der Waals surface area contributed by atoms with Gasteiger partial charge in [0.25, 0.3) is 5.56 Å². The van der Waals surface area contributed by atoms with Crippen LogP contribution in [0.15, 0.2) is 65.6 Å². The van der Waals surface area contributed by atoms with Crippen LogP contribution >= 0.6 is 0 Å². The van der Waals surface area contributed by atoms with Gasteiger partial charge in [-0.05, 0) is 18.7 Å². The molecule has 0 spiro atoms. The average molecular weight is 362 g/mol. The van der Waals surface area contributed by atoms with Crippen LogP contribution in [0.1, 0.15) is 11.6 Å². The van der Waals surface area contributed by atoms with Crippen molar-refractivity contribution in [2.75, 3.05) is 26.7 Å².